The van der Waals surface area contributed by atoms with Crippen LogP contribution < -0.4 is 5.73 Å². The van der Waals surface area contributed by atoms with E-state index in [1.807, 2.05) is 0 Å². The summed E-state index contributed by atoms with van der Waals surface area (Å²) in [4.78, 5) is 32.1. The second-order valence-corrected chi connectivity index (χ2v) is 4.08. The van der Waals surface area contributed by atoms with Crippen LogP contribution in [0, 0.1) is 0 Å². The van der Waals surface area contributed by atoms with Crippen molar-refractivity contribution in [3.05, 3.63) is 47.5 Å². The van der Waals surface area contributed by atoms with Gasteiger partial charge >= 0.3 is 0 Å². The maximum absolute atomic E-state index is 12.1. The van der Waals surface area contributed by atoms with Gasteiger partial charge in [0, 0.05) is 11.9 Å². The minimum atomic E-state index is -0.322. The summed E-state index contributed by atoms with van der Waals surface area (Å²) < 4.78 is 0. The van der Waals surface area contributed by atoms with Crippen molar-refractivity contribution in [2.75, 3.05) is 5.73 Å². The molecule has 0 spiro atoms. The van der Waals surface area contributed by atoms with Crippen LogP contribution in [0.1, 0.15) is 26.4 Å². The Morgan fingerprint density at radius 3 is 2.72 bits per heavy atom. The molecule has 0 bridgehead atoms. The first kappa shape index (κ1) is 10.5. The number of imidazole rings is 1. The number of amides is 2. The molecule has 0 aliphatic carbocycles. The number of nitrogens with two attached hydrogens (primary N) is 1. The van der Waals surface area contributed by atoms with Gasteiger partial charge < -0.3 is 10.7 Å². The van der Waals surface area contributed by atoms with Crippen molar-refractivity contribution < 1.29 is 9.59 Å². The Labute approximate surface area is 102 Å². The molecule has 1 aromatic heterocycles. The highest BCUT2D eigenvalue weighted by atomic mass is 16.2. The van der Waals surface area contributed by atoms with Crippen LogP contribution in [0.15, 0.2) is 30.7 Å². The summed E-state index contributed by atoms with van der Waals surface area (Å²) in [6, 6.07) is 4.73. The fraction of sp³-hybridized carbons (Fsp3) is 0.0833. The summed E-state index contributed by atoms with van der Waals surface area (Å²) in [6.07, 6.45) is 3.09. The predicted molar refractivity (Wildman–Crippen MR) is 63.6 cm³/mol. The molecule has 3 rings (SSSR count). The van der Waals surface area contributed by atoms with Crippen molar-refractivity contribution in [1.29, 1.82) is 0 Å². The molecular formula is C12H10N4O2. The van der Waals surface area contributed by atoms with Crippen LogP contribution in [0.5, 0.6) is 0 Å². The number of rotatable bonds is 2. The lowest BCUT2D eigenvalue weighted by Crippen LogP contribution is -2.29. The lowest BCUT2D eigenvalue weighted by molar-refractivity contribution is 0.0640. The number of hydrogen-bond donors (Lipinski definition) is 2. The smallest absolute Gasteiger partial charge is 0.261 e. The molecule has 6 heteroatoms. The predicted octanol–water partition coefficient (Wildman–Crippen LogP) is 0.788. The number of carbonyl (C=O) groups excluding carboxylic acids is 2. The van der Waals surface area contributed by atoms with E-state index in [0.29, 0.717) is 22.5 Å². The number of nitrogens with one attached hydrogen (secondary N) is 1. The third-order valence-corrected chi connectivity index (χ3v) is 2.88. The molecule has 1 aliphatic heterocycles. The number of nitrogens with zero attached hydrogens (tertiary/aromatic N) is 2. The van der Waals surface area contributed by atoms with Crippen LogP contribution in [-0.4, -0.2) is 26.7 Å². The molecule has 0 saturated carbocycles. The van der Waals surface area contributed by atoms with Crippen molar-refractivity contribution in [3.8, 4) is 0 Å². The van der Waals surface area contributed by atoms with Gasteiger partial charge in [-0.3, -0.25) is 14.5 Å². The maximum Gasteiger partial charge on any atom is 0.261 e. The van der Waals surface area contributed by atoms with Crippen molar-refractivity contribution in [3.63, 3.8) is 0 Å². The summed E-state index contributed by atoms with van der Waals surface area (Å²) in [5, 5.41) is 0. The molecule has 0 saturated heterocycles. The number of anilines is 1. The highest BCUT2D eigenvalue weighted by Gasteiger charge is 2.35. The van der Waals surface area contributed by atoms with Gasteiger partial charge in [-0.05, 0) is 18.2 Å². The molecule has 90 valence electrons. The van der Waals surface area contributed by atoms with Gasteiger partial charge in [-0.25, -0.2) is 4.98 Å². The fourth-order valence-corrected chi connectivity index (χ4v) is 1.99. The van der Waals surface area contributed by atoms with E-state index in [1.54, 1.807) is 18.3 Å². The third kappa shape index (κ3) is 1.46. The highest BCUT2D eigenvalue weighted by molar-refractivity contribution is 6.21. The van der Waals surface area contributed by atoms with E-state index < -0.39 is 0 Å². The van der Waals surface area contributed by atoms with E-state index in [-0.39, 0.29) is 18.4 Å². The SMILES string of the molecule is Nc1ccc2c(c1)C(=O)N(Cc1cnc[nH]1)C2=O. The normalized spacial score (nSPS) is 14.1. The first-order chi connectivity index (χ1) is 8.66. The average molecular weight is 242 g/mol. The number of aromatic amines is 1. The molecule has 0 fully saturated rings. The number of H-pyrrole nitrogens is 1. The molecular weight excluding hydrogens is 232 g/mol. The number of hydrogen-bond acceptors (Lipinski definition) is 4. The largest absolute Gasteiger partial charge is 0.399 e. The van der Waals surface area contributed by atoms with Crippen LogP contribution in [0.25, 0.3) is 0 Å². The lowest BCUT2D eigenvalue weighted by Gasteiger charge is -2.11. The molecule has 6 nitrogen and oxygen atoms in total. The Morgan fingerprint density at radius 1 is 1.22 bits per heavy atom. The minimum Gasteiger partial charge on any atom is -0.399 e. The zero-order valence-electron chi connectivity index (χ0n) is 9.38. The minimum absolute atomic E-state index is 0.187. The van der Waals surface area contributed by atoms with Crippen LogP contribution in [-0.2, 0) is 6.54 Å². The van der Waals surface area contributed by atoms with E-state index in [0.717, 1.165) is 0 Å². The summed E-state index contributed by atoms with van der Waals surface area (Å²) in [5.41, 5.74) is 7.56. The Hall–Kier alpha value is -2.63. The van der Waals surface area contributed by atoms with Gasteiger partial charge in [-0.1, -0.05) is 0 Å². The van der Waals surface area contributed by atoms with E-state index in [9.17, 15) is 9.59 Å². The molecule has 0 atom stereocenters. The van der Waals surface area contributed by atoms with Crippen molar-refractivity contribution in [2.45, 2.75) is 6.54 Å². The van der Waals surface area contributed by atoms with Crippen LogP contribution >= 0.6 is 0 Å². The molecule has 18 heavy (non-hydrogen) atoms. The fourth-order valence-electron chi connectivity index (χ4n) is 1.99. The molecule has 2 amide bonds. The molecule has 2 aromatic rings. The number of imide groups is 1. The van der Waals surface area contributed by atoms with Gasteiger partial charge in [0.25, 0.3) is 11.8 Å². The van der Waals surface area contributed by atoms with Gasteiger partial charge in [-0.2, -0.15) is 0 Å². The number of fused-ring (bicyclic) bond motifs is 1. The Kier molecular flexibility index (Phi) is 2.16. The van der Waals surface area contributed by atoms with Gasteiger partial charge in [-0.15, -0.1) is 0 Å². The van der Waals surface area contributed by atoms with Gasteiger partial charge in [0.05, 0.1) is 29.7 Å². The Balaban J connectivity index is 1.97. The van der Waals surface area contributed by atoms with Crippen LogP contribution in [0.2, 0.25) is 0 Å². The van der Waals surface area contributed by atoms with Crippen LogP contribution in [0.4, 0.5) is 5.69 Å². The summed E-state index contributed by atoms with van der Waals surface area (Å²) in [5.74, 6) is -0.624. The maximum atomic E-state index is 12.1. The van der Waals surface area contributed by atoms with Crippen molar-refractivity contribution in [2.24, 2.45) is 0 Å². The monoisotopic (exact) mass is 242 g/mol. The Morgan fingerprint density at radius 2 is 2.00 bits per heavy atom. The molecule has 2 heterocycles. The average Bonchev–Trinajstić information content (AvgIpc) is 2.93. The molecule has 0 radical (unpaired) electrons. The van der Waals surface area contributed by atoms with Gasteiger partial charge in [0.15, 0.2) is 0 Å². The quantitative estimate of drug-likeness (QED) is 0.601. The van der Waals surface area contributed by atoms with E-state index in [2.05, 4.69) is 9.97 Å². The van der Waals surface area contributed by atoms with Gasteiger partial charge in [0.1, 0.15) is 0 Å². The number of nitrogen functional groups attached to an aromatic ring is 1. The zero-order valence-corrected chi connectivity index (χ0v) is 9.38. The number of aromatic nitrogens is 2. The summed E-state index contributed by atoms with van der Waals surface area (Å²) in [6.45, 7) is 0.187. The van der Waals surface area contributed by atoms with Crippen LogP contribution in [0.3, 0.4) is 0 Å². The molecule has 0 unspecified atom stereocenters. The van der Waals surface area contributed by atoms with Crippen molar-refractivity contribution >= 4 is 17.5 Å². The second kappa shape index (κ2) is 3.69. The van der Waals surface area contributed by atoms with E-state index in [4.69, 9.17) is 5.73 Å². The van der Waals surface area contributed by atoms with E-state index in [1.165, 1.54) is 17.3 Å². The lowest BCUT2D eigenvalue weighted by atomic mass is 10.1. The first-order valence-electron chi connectivity index (χ1n) is 5.40. The number of carbonyl (C=O) groups is 2. The zero-order chi connectivity index (χ0) is 12.7. The highest BCUT2D eigenvalue weighted by Crippen LogP contribution is 2.25. The van der Waals surface area contributed by atoms with E-state index >= 15 is 0 Å². The molecule has 3 N–H and O–H groups in total. The third-order valence-electron chi connectivity index (χ3n) is 2.88. The first-order valence-corrected chi connectivity index (χ1v) is 5.40. The molecule has 1 aromatic carbocycles. The Bertz CT molecular complexity index is 634. The standard InChI is InChI=1S/C12H10N4O2/c13-7-1-2-9-10(3-7)12(18)16(11(9)17)5-8-4-14-6-15-8/h1-4,6H,5,13H2,(H,14,15). The number of benzene rings is 1. The van der Waals surface area contributed by atoms with Crippen molar-refractivity contribution in [1.82, 2.24) is 14.9 Å². The molecule has 1 aliphatic rings. The topological polar surface area (TPSA) is 92.1 Å². The summed E-state index contributed by atoms with van der Waals surface area (Å²) >= 11 is 0. The van der Waals surface area contributed by atoms with Gasteiger partial charge in [0.2, 0.25) is 0 Å². The summed E-state index contributed by atoms with van der Waals surface area (Å²) in [7, 11) is 0. The second-order valence-electron chi connectivity index (χ2n) is 4.08.